The predicted molar refractivity (Wildman–Crippen MR) is 153 cm³/mol. The van der Waals surface area contributed by atoms with Crippen molar-refractivity contribution in [2.45, 2.75) is 38.6 Å². The number of rotatable bonds is 6. The molecule has 2 aromatic carbocycles. The Balaban J connectivity index is 1.24. The number of hydrogen-bond donors (Lipinski definition) is 2. The molecule has 1 aliphatic heterocycles. The minimum absolute atomic E-state index is 0.375. The van der Waals surface area contributed by atoms with Gasteiger partial charge in [0.05, 0.1) is 16.7 Å². The Hall–Kier alpha value is -4.11. The Morgan fingerprint density at radius 1 is 0.895 bits per heavy atom. The van der Waals surface area contributed by atoms with Gasteiger partial charge in [-0.15, -0.1) is 0 Å². The van der Waals surface area contributed by atoms with Crippen molar-refractivity contribution in [3.05, 3.63) is 60.7 Å². The van der Waals surface area contributed by atoms with Crippen LogP contribution in [0, 0.1) is 0 Å². The molecule has 3 aromatic heterocycles. The average molecular weight is 508 g/mol. The number of likely N-dealkylation sites (tertiary alicyclic amines) is 1. The molecule has 0 spiro atoms. The van der Waals surface area contributed by atoms with E-state index in [1.807, 2.05) is 29.9 Å². The summed E-state index contributed by atoms with van der Waals surface area (Å²) in [4.78, 5) is 20.7. The Morgan fingerprint density at radius 2 is 1.74 bits per heavy atom. The second kappa shape index (κ2) is 9.98. The summed E-state index contributed by atoms with van der Waals surface area (Å²) in [6, 6.07) is 14.8. The number of nitrogens with one attached hydrogen (secondary N) is 2. The lowest BCUT2D eigenvalue weighted by Gasteiger charge is -2.30. The van der Waals surface area contributed by atoms with Crippen LogP contribution in [0.25, 0.3) is 33.1 Å². The maximum absolute atomic E-state index is 4.81. The number of fused-ring (bicyclic) bond motifs is 2. The SMILES string of the molecule is CC(C)c1c2cc(-c3ccnc(Nc4ccc5c(NC6CCN(C)CC6)ncnc5c4)n3)ccc2nn1C. The van der Waals surface area contributed by atoms with Crippen molar-refractivity contribution in [3.63, 3.8) is 0 Å². The quantitative estimate of drug-likeness (QED) is 0.318. The van der Waals surface area contributed by atoms with Crippen LogP contribution in [0.1, 0.15) is 38.3 Å². The number of piperidine rings is 1. The standard InChI is InChI=1S/C29H33N9/c1-18(2)27-23-15-19(5-8-25(23)36-38(27)4)24-9-12-30-29(35-24)34-21-6-7-22-26(16-21)31-17-32-28(22)33-20-10-13-37(3)14-11-20/h5-9,12,15-18,20H,10-11,13-14H2,1-4H3,(H,30,34,35)(H,31,32,33). The molecule has 194 valence electrons. The van der Waals surface area contributed by atoms with Crippen LogP contribution in [0.15, 0.2) is 55.0 Å². The fourth-order valence-electron chi connectivity index (χ4n) is 5.37. The molecule has 38 heavy (non-hydrogen) atoms. The van der Waals surface area contributed by atoms with Crippen molar-refractivity contribution in [2.24, 2.45) is 7.05 Å². The van der Waals surface area contributed by atoms with E-state index in [2.05, 4.69) is 80.7 Å². The van der Waals surface area contributed by atoms with Gasteiger partial charge in [-0.25, -0.2) is 19.9 Å². The number of anilines is 3. The minimum Gasteiger partial charge on any atom is -0.367 e. The van der Waals surface area contributed by atoms with Crippen molar-refractivity contribution in [3.8, 4) is 11.3 Å². The summed E-state index contributed by atoms with van der Waals surface area (Å²) < 4.78 is 1.98. The zero-order valence-electron chi connectivity index (χ0n) is 22.3. The van der Waals surface area contributed by atoms with Gasteiger partial charge >= 0.3 is 0 Å². The summed E-state index contributed by atoms with van der Waals surface area (Å²) >= 11 is 0. The summed E-state index contributed by atoms with van der Waals surface area (Å²) in [5.74, 6) is 1.80. The Labute approximate surface area is 222 Å². The van der Waals surface area contributed by atoms with Crippen LogP contribution in [0.4, 0.5) is 17.5 Å². The number of aromatic nitrogens is 6. The number of benzene rings is 2. The van der Waals surface area contributed by atoms with E-state index in [1.54, 1.807) is 12.5 Å². The van der Waals surface area contributed by atoms with Gasteiger partial charge in [0, 0.05) is 47.0 Å². The van der Waals surface area contributed by atoms with Gasteiger partial charge in [-0.2, -0.15) is 5.10 Å². The van der Waals surface area contributed by atoms with Crippen LogP contribution in [0.2, 0.25) is 0 Å². The first-order chi connectivity index (χ1) is 18.4. The van der Waals surface area contributed by atoms with E-state index >= 15 is 0 Å². The van der Waals surface area contributed by atoms with Crippen molar-refractivity contribution >= 4 is 39.3 Å². The number of hydrogen-bond acceptors (Lipinski definition) is 8. The maximum atomic E-state index is 4.81. The van der Waals surface area contributed by atoms with Crippen LogP contribution in [0.5, 0.6) is 0 Å². The summed E-state index contributed by atoms with van der Waals surface area (Å²) in [6.45, 7) is 6.59. The summed E-state index contributed by atoms with van der Waals surface area (Å²) in [7, 11) is 4.18. The number of nitrogens with zero attached hydrogens (tertiary/aromatic N) is 7. The highest BCUT2D eigenvalue weighted by atomic mass is 15.3. The van der Waals surface area contributed by atoms with Gasteiger partial charge in [0.1, 0.15) is 12.1 Å². The highest BCUT2D eigenvalue weighted by Gasteiger charge is 2.18. The highest BCUT2D eigenvalue weighted by Crippen LogP contribution is 2.30. The summed E-state index contributed by atoms with van der Waals surface area (Å²) in [5.41, 5.74) is 5.86. The Morgan fingerprint density at radius 3 is 2.55 bits per heavy atom. The first-order valence-electron chi connectivity index (χ1n) is 13.2. The molecule has 6 rings (SSSR count). The van der Waals surface area contributed by atoms with E-state index in [0.717, 1.165) is 70.5 Å². The van der Waals surface area contributed by atoms with Gasteiger partial charge in [-0.3, -0.25) is 4.68 Å². The molecule has 0 bridgehead atoms. The molecule has 1 aliphatic rings. The summed E-state index contributed by atoms with van der Waals surface area (Å²) in [6.07, 6.45) is 5.64. The molecule has 9 nitrogen and oxygen atoms in total. The molecule has 1 saturated heterocycles. The first kappa shape index (κ1) is 24.2. The molecule has 5 aromatic rings. The smallest absolute Gasteiger partial charge is 0.227 e. The van der Waals surface area contributed by atoms with E-state index in [0.29, 0.717) is 17.9 Å². The first-order valence-corrected chi connectivity index (χ1v) is 13.2. The molecule has 9 heteroatoms. The second-order valence-electron chi connectivity index (χ2n) is 10.5. The second-order valence-corrected chi connectivity index (χ2v) is 10.5. The predicted octanol–water partition coefficient (Wildman–Crippen LogP) is 5.35. The molecule has 2 N–H and O–H groups in total. The average Bonchev–Trinajstić information content (AvgIpc) is 3.25. The third-order valence-corrected chi connectivity index (χ3v) is 7.33. The van der Waals surface area contributed by atoms with Crippen LogP contribution in [-0.4, -0.2) is 60.8 Å². The van der Waals surface area contributed by atoms with Crippen molar-refractivity contribution in [1.29, 1.82) is 0 Å². The molecular weight excluding hydrogens is 474 g/mol. The van der Waals surface area contributed by atoms with Gasteiger partial charge in [0.25, 0.3) is 0 Å². The lowest BCUT2D eigenvalue weighted by Crippen LogP contribution is -2.36. The van der Waals surface area contributed by atoms with E-state index in [9.17, 15) is 0 Å². The van der Waals surface area contributed by atoms with Gasteiger partial charge in [0.2, 0.25) is 5.95 Å². The third-order valence-electron chi connectivity index (χ3n) is 7.33. The van der Waals surface area contributed by atoms with Gasteiger partial charge < -0.3 is 15.5 Å². The zero-order valence-corrected chi connectivity index (χ0v) is 22.3. The van der Waals surface area contributed by atoms with Crippen LogP contribution in [0.3, 0.4) is 0 Å². The lowest BCUT2D eigenvalue weighted by molar-refractivity contribution is 0.264. The van der Waals surface area contributed by atoms with Crippen LogP contribution in [-0.2, 0) is 7.05 Å². The monoisotopic (exact) mass is 507 g/mol. The largest absolute Gasteiger partial charge is 0.367 e. The van der Waals surface area contributed by atoms with Gasteiger partial charge in [-0.05, 0) is 75.3 Å². The third kappa shape index (κ3) is 4.77. The fraction of sp³-hybridized carbons (Fsp3) is 0.345. The molecule has 0 atom stereocenters. The minimum atomic E-state index is 0.375. The topological polar surface area (TPSA) is 96.7 Å². The molecule has 0 radical (unpaired) electrons. The number of aryl methyl sites for hydroxylation is 1. The molecule has 0 unspecified atom stereocenters. The lowest BCUT2D eigenvalue weighted by atomic mass is 10.0. The molecule has 4 heterocycles. The van der Waals surface area contributed by atoms with Crippen molar-refractivity contribution in [2.75, 3.05) is 30.8 Å². The van der Waals surface area contributed by atoms with Gasteiger partial charge in [0.15, 0.2) is 0 Å². The molecular formula is C29H33N9. The molecule has 0 amide bonds. The Kier molecular flexibility index (Phi) is 6.37. The zero-order chi connectivity index (χ0) is 26.2. The highest BCUT2D eigenvalue weighted by molar-refractivity contribution is 5.91. The normalized spacial score (nSPS) is 15.0. The fourth-order valence-corrected chi connectivity index (χ4v) is 5.37. The van der Waals surface area contributed by atoms with E-state index in [-0.39, 0.29) is 0 Å². The molecule has 0 saturated carbocycles. The summed E-state index contributed by atoms with van der Waals surface area (Å²) in [5, 5.41) is 13.8. The van der Waals surface area contributed by atoms with E-state index in [1.165, 1.54) is 5.69 Å². The molecule has 1 fully saturated rings. The van der Waals surface area contributed by atoms with Crippen LogP contribution >= 0.6 is 0 Å². The van der Waals surface area contributed by atoms with Crippen LogP contribution < -0.4 is 10.6 Å². The van der Waals surface area contributed by atoms with Crippen molar-refractivity contribution in [1.82, 2.24) is 34.6 Å². The van der Waals surface area contributed by atoms with Crippen molar-refractivity contribution < 1.29 is 0 Å². The van der Waals surface area contributed by atoms with E-state index < -0.39 is 0 Å². The maximum Gasteiger partial charge on any atom is 0.227 e. The van der Waals surface area contributed by atoms with Gasteiger partial charge in [-0.1, -0.05) is 19.9 Å². The Bertz CT molecular complexity index is 1600. The van der Waals surface area contributed by atoms with E-state index in [4.69, 9.17) is 4.98 Å². The molecule has 0 aliphatic carbocycles.